The Bertz CT molecular complexity index is 510. The smallest absolute Gasteiger partial charge is 0.407 e. The lowest BCUT2D eigenvalue weighted by atomic mass is 9.87. The molecule has 0 aliphatic carbocycles. The average Bonchev–Trinajstić information content (AvgIpc) is 2.46. The summed E-state index contributed by atoms with van der Waals surface area (Å²) in [6.07, 6.45) is 0.649. The van der Waals surface area contributed by atoms with Gasteiger partial charge in [-0.2, -0.15) is 0 Å². The summed E-state index contributed by atoms with van der Waals surface area (Å²) in [7, 11) is 0. The first-order chi connectivity index (χ1) is 10.8. The molecule has 4 heteroatoms. The molecule has 0 bridgehead atoms. The van der Waals surface area contributed by atoms with Crippen LogP contribution in [0.15, 0.2) is 30.3 Å². The highest BCUT2D eigenvalue weighted by molar-refractivity contribution is 5.68. The summed E-state index contributed by atoms with van der Waals surface area (Å²) in [4.78, 5) is 14.5. The molecule has 23 heavy (non-hydrogen) atoms. The minimum Gasteiger partial charge on any atom is -0.444 e. The number of rotatable bonds is 3. The van der Waals surface area contributed by atoms with Crippen LogP contribution in [-0.2, 0) is 11.3 Å². The van der Waals surface area contributed by atoms with Gasteiger partial charge < -0.3 is 10.1 Å². The van der Waals surface area contributed by atoms with Gasteiger partial charge in [0.1, 0.15) is 5.60 Å². The predicted molar refractivity (Wildman–Crippen MR) is 93.3 cm³/mol. The average molecular weight is 318 g/mol. The maximum Gasteiger partial charge on any atom is 0.407 e. The van der Waals surface area contributed by atoms with Gasteiger partial charge in [-0.25, -0.2) is 4.79 Å². The number of nitrogens with one attached hydrogen (secondary N) is 1. The largest absolute Gasteiger partial charge is 0.444 e. The molecule has 1 aliphatic heterocycles. The lowest BCUT2D eigenvalue weighted by molar-refractivity contribution is 0.0362. The molecule has 0 saturated carbocycles. The van der Waals surface area contributed by atoms with Crippen molar-refractivity contribution in [2.75, 3.05) is 6.54 Å². The number of amides is 1. The van der Waals surface area contributed by atoms with Crippen molar-refractivity contribution in [3.8, 4) is 0 Å². The van der Waals surface area contributed by atoms with Gasteiger partial charge in [-0.05, 0) is 45.6 Å². The molecular weight excluding hydrogens is 288 g/mol. The first-order valence-corrected chi connectivity index (χ1v) is 8.54. The van der Waals surface area contributed by atoms with E-state index in [0.717, 1.165) is 19.5 Å². The minimum atomic E-state index is -0.451. The topological polar surface area (TPSA) is 41.6 Å². The molecule has 1 aromatic carbocycles. The number of carbonyl (C=O) groups excluding carboxylic acids is 1. The standard InChI is InChI=1S/C19H30N2O2/c1-14-15(2)21(13-16-9-7-6-8-10-16)12-11-17(14)20-18(22)23-19(3,4)5/h6-10,14-15,17H,11-13H2,1-5H3,(H,20,22)/t14-,15+,17+/m1/s1. The molecule has 1 N–H and O–H groups in total. The third kappa shape index (κ3) is 5.24. The third-order valence-electron chi connectivity index (χ3n) is 4.63. The zero-order chi connectivity index (χ0) is 17.0. The first kappa shape index (κ1) is 17.8. The van der Waals surface area contributed by atoms with E-state index in [0.29, 0.717) is 12.0 Å². The zero-order valence-corrected chi connectivity index (χ0v) is 15.0. The molecule has 1 fully saturated rings. The number of piperidine rings is 1. The van der Waals surface area contributed by atoms with Crippen LogP contribution in [0.1, 0.15) is 46.6 Å². The van der Waals surface area contributed by atoms with Crippen LogP contribution in [0.25, 0.3) is 0 Å². The van der Waals surface area contributed by atoms with Gasteiger partial charge in [0.15, 0.2) is 0 Å². The van der Waals surface area contributed by atoms with Gasteiger partial charge >= 0.3 is 6.09 Å². The first-order valence-electron chi connectivity index (χ1n) is 8.54. The number of ether oxygens (including phenoxy) is 1. The number of alkyl carbamates (subject to hydrolysis) is 1. The summed E-state index contributed by atoms with van der Waals surface area (Å²) in [6.45, 7) is 12.1. The molecule has 3 atom stereocenters. The van der Waals surface area contributed by atoms with Crippen molar-refractivity contribution >= 4 is 6.09 Å². The maximum absolute atomic E-state index is 12.0. The fourth-order valence-electron chi connectivity index (χ4n) is 3.14. The predicted octanol–water partition coefficient (Wildman–Crippen LogP) is 3.81. The van der Waals surface area contributed by atoms with Crippen molar-refractivity contribution in [3.05, 3.63) is 35.9 Å². The molecule has 0 spiro atoms. The molecule has 128 valence electrons. The fraction of sp³-hybridized carbons (Fsp3) is 0.632. The van der Waals surface area contributed by atoms with E-state index >= 15 is 0 Å². The Morgan fingerprint density at radius 1 is 1.26 bits per heavy atom. The minimum absolute atomic E-state index is 0.173. The normalized spacial score (nSPS) is 25.9. The van der Waals surface area contributed by atoms with Crippen molar-refractivity contribution in [2.24, 2.45) is 5.92 Å². The zero-order valence-electron chi connectivity index (χ0n) is 15.0. The lowest BCUT2D eigenvalue weighted by Crippen LogP contribution is -2.54. The van der Waals surface area contributed by atoms with Gasteiger partial charge in [0.2, 0.25) is 0 Å². The second-order valence-electron chi connectivity index (χ2n) is 7.60. The van der Waals surface area contributed by atoms with Gasteiger partial charge in [-0.15, -0.1) is 0 Å². The molecule has 1 saturated heterocycles. The van der Waals surface area contributed by atoms with Crippen LogP contribution in [0, 0.1) is 5.92 Å². The number of carbonyl (C=O) groups is 1. The van der Waals surface area contributed by atoms with E-state index < -0.39 is 5.60 Å². The van der Waals surface area contributed by atoms with Crippen molar-refractivity contribution in [3.63, 3.8) is 0 Å². The second kappa shape index (κ2) is 7.35. The maximum atomic E-state index is 12.0. The molecule has 1 heterocycles. The van der Waals surface area contributed by atoms with E-state index in [1.807, 2.05) is 26.8 Å². The van der Waals surface area contributed by atoms with E-state index in [9.17, 15) is 4.79 Å². The summed E-state index contributed by atoms with van der Waals surface area (Å²) < 4.78 is 5.38. The van der Waals surface area contributed by atoms with Crippen LogP contribution >= 0.6 is 0 Å². The van der Waals surface area contributed by atoms with Crippen molar-refractivity contribution < 1.29 is 9.53 Å². The Labute approximate surface area is 140 Å². The van der Waals surface area contributed by atoms with Crippen molar-refractivity contribution in [1.82, 2.24) is 10.2 Å². The fourth-order valence-corrected chi connectivity index (χ4v) is 3.14. The molecule has 1 amide bonds. The molecule has 1 aliphatic rings. The van der Waals surface area contributed by atoms with Gasteiger partial charge in [0.25, 0.3) is 0 Å². The molecule has 1 aromatic rings. The van der Waals surface area contributed by atoms with Crippen LogP contribution in [0.5, 0.6) is 0 Å². The summed E-state index contributed by atoms with van der Waals surface area (Å²) >= 11 is 0. The second-order valence-corrected chi connectivity index (χ2v) is 7.60. The monoisotopic (exact) mass is 318 g/mol. The van der Waals surface area contributed by atoms with E-state index in [1.165, 1.54) is 5.56 Å². The summed E-state index contributed by atoms with van der Waals surface area (Å²) in [5.74, 6) is 0.389. The Morgan fingerprint density at radius 2 is 1.91 bits per heavy atom. The number of hydrogen-bond donors (Lipinski definition) is 1. The SMILES string of the molecule is C[C@H]1[C@@H](NC(=O)OC(C)(C)C)CCN(Cc2ccccc2)[C@H]1C. The molecule has 2 rings (SSSR count). The van der Waals surface area contributed by atoms with Crippen LogP contribution in [0.3, 0.4) is 0 Å². The van der Waals surface area contributed by atoms with Gasteiger partial charge in [-0.1, -0.05) is 37.3 Å². The summed E-state index contributed by atoms with van der Waals surface area (Å²) in [6, 6.07) is 11.1. The van der Waals surface area contributed by atoms with Crippen LogP contribution in [-0.4, -0.2) is 35.2 Å². The van der Waals surface area contributed by atoms with Crippen LogP contribution in [0.2, 0.25) is 0 Å². The van der Waals surface area contributed by atoms with Gasteiger partial charge in [-0.3, -0.25) is 4.90 Å². The molecule has 4 nitrogen and oxygen atoms in total. The number of likely N-dealkylation sites (tertiary alicyclic amines) is 1. The molecule has 0 aromatic heterocycles. The van der Waals surface area contributed by atoms with E-state index in [-0.39, 0.29) is 12.1 Å². The lowest BCUT2D eigenvalue weighted by Gasteiger charge is -2.43. The van der Waals surface area contributed by atoms with E-state index in [2.05, 4.69) is 48.3 Å². The van der Waals surface area contributed by atoms with Crippen molar-refractivity contribution in [1.29, 1.82) is 0 Å². The molecule has 0 radical (unpaired) electrons. The van der Waals surface area contributed by atoms with Gasteiger partial charge in [0, 0.05) is 25.2 Å². The summed E-state index contributed by atoms with van der Waals surface area (Å²) in [5, 5.41) is 3.05. The Morgan fingerprint density at radius 3 is 2.52 bits per heavy atom. The Balaban J connectivity index is 1.90. The number of nitrogens with zero attached hydrogens (tertiary/aromatic N) is 1. The Kier molecular flexibility index (Phi) is 5.69. The summed E-state index contributed by atoms with van der Waals surface area (Å²) in [5.41, 5.74) is 0.887. The molecule has 0 unspecified atom stereocenters. The van der Waals surface area contributed by atoms with E-state index in [4.69, 9.17) is 4.74 Å². The molecular formula is C19H30N2O2. The highest BCUT2D eigenvalue weighted by atomic mass is 16.6. The van der Waals surface area contributed by atoms with Crippen LogP contribution < -0.4 is 5.32 Å². The number of hydrogen-bond acceptors (Lipinski definition) is 3. The van der Waals surface area contributed by atoms with Crippen LogP contribution in [0.4, 0.5) is 4.79 Å². The highest BCUT2D eigenvalue weighted by Gasteiger charge is 2.34. The van der Waals surface area contributed by atoms with E-state index in [1.54, 1.807) is 0 Å². The van der Waals surface area contributed by atoms with Gasteiger partial charge in [0.05, 0.1) is 0 Å². The Hall–Kier alpha value is -1.55. The highest BCUT2D eigenvalue weighted by Crippen LogP contribution is 2.25. The number of benzene rings is 1. The van der Waals surface area contributed by atoms with Crippen molar-refractivity contribution in [2.45, 2.75) is 65.3 Å². The quantitative estimate of drug-likeness (QED) is 0.921. The third-order valence-corrected chi connectivity index (χ3v) is 4.63.